The first kappa shape index (κ1) is 13.0. The molecule has 3 atom stereocenters. The Morgan fingerprint density at radius 3 is 2.83 bits per heavy atom. The number of ether oxygens (including phenoxy) is 1. The fourth-order valence-electron chi connectivity index (χ4n) is 2.28. The third kappa shape index (κ3) is 2.23. The number of nitrogens with zero attached hydrogens (tertiary/aromatic N) is 1. The number of piperazine rings is 1. The van der Waals surface area contributed by atoms with Crippen molar-refractivity contribution in [3.8, 4) is 0 Å². The molecule has 3 unspecified atom stereocenters. The van der Waals surface area contributed by atoms with E-state index in [2.05, 4.69) is 10.6 Å². The summed E-state index contributed by atoms with van der Waals surface area (Å²) >= 11 is 0. The van der Waals surface area contributed by atoms with Crippen LogP contribution in [0, 0.1) is 5.92 Å². The van der Waals surface area contributed by atoms with Gasteiger partial charge < -0.3 is 15.0 Å². The van der Waals surface area contributed by atoms with Crippen LogP contribution in [-0.2, 0) is 19.1 Å². The summed E-state index contributed by atoms with van der Waals surface area (Å²) in [6.45, 7) is 2.33. The molecule has 2 aliphatic heterocycles. The van der Waals surface area contributed by atoms with Crippen LogP contribution >= 0.6 is 0 Å². The molecule has 2 N–H and O–H groups in total. The molecule has 0 aromatic carbocycles. The lowest BCUT2D eigenvalue weighted by Gasteiger charge is -2.34. The van der Waals surface area contributed by atoms with Crippen LogP contribution in [0.3, 0.4) is 0 Å². The van der Waals surface area contributed by atoms with E-state index in [4.69, 9.17) is 4.74 Å². The summed E-state index contributed by atoms with van der Waals surface area (Å²) in [5.74, 6) is -1.41. The van der Waals surface area contributed by atoms with Crippen molar-refractivity contribution in [1.29, 1.82) is 0 Å². The monoisotopic (exact) mass is 255 g/mol. The fraction of sp³-hybridized carbons (Fsp3) is 0.727. The molecule has 100 valence electrons. The summed E-state index contributed by atoms with van der Waals surface area (Å²) in [7, 11) is 1.76. The highest BCUT2D eigenvalue weighted by molar-refractivity contribution is 6.04. The van der Waals surface area contributed by atoms with Crippen molar-refractivity contribution in [2.75, 3.05) is 26.8 Å². The van der Waals surface area contributed by atoms with Crippen molar-refractivity contribution in [3.63, 3.8) is 0 Å². The van der Waals surface area contributed by atoms with E-state index in [1.807, 2.05) is 0 Å². The van der Waals surface area contributed by atoms with E-state index in [9.17, 15) is 14.4 Å². The number of hydrogen-bond donors (Lipinski definition) is 2. The largest absolute Gasteiger partial charge is 0.379 e. The number of nitrogens with one attached hydrogen (secondary N) is 2. The van der Waals surface area contributed by atoms with Crippen molar-refractivity contribution in [1.82, 2.24) is 15.5 Å². The topological polar surface area (TPSA) is 87.7 Å². The van der Waals surface area contributed by atoms with Crippen molar-refractivity contribution in [2.45, 2.75) is 19.0 Å². The molecule has 2 heterocycles. The molecule has 7 heteroatoms. The molecule has 7 nitrogen and oxygen atoms in total. The molecule has 0 aromatic rings. The van der Waals surface area contributed by atoms with Crippen LogP contribution in [0.2, 0.25) is 0 Å². The van der Waals surface area contributed by atoms with Gasteiger partial charge in [0.1, 0.15) is 12.6 Å². The first-order chi connectivity index (χ1) is 8.54. The first-order valence-corrected chi connectivity index (χ1v) is 5.93. The average molecular weight is 255 g/mol. The highest BCUT2D eigenvalue weighted by atomic mass is 16.5. The molecule has 2 aliphatic rings. The van der Waals surface area contributed by atoms with E-state index in [1.54, 1.807) is 14.0 Å². The Morgan fingerprint density at radius 2 is 2.17 bits per heavy atom. The maximum absolute atomic E-state index is 12.3. The molecule has 2 saturated heterocycles. The summed E-state index contributed by atoms with van der Waals surface area (Å²) in [6, 6.07) is -0.682. The Morgan fingerprint density at radius 1 is 1.44 bits per heavy atom. The Labute approximate surface area is 105 Å². The number of carbonyl (C=O) groups is 3. The third-order valence-electron chi connectivity index (χ3n) is 3.48. The van der Waals surface area contributed by atoms with Crippen LogP contribution < -0.4 is 10.6 Å². The zero-order valence-corrected chi connectivity index (χ0v) is 10.4. The van der Waals surface area contributed by atoms with Gasteiger partial charge in [0.2, 0.25) is 17.7 Å². The smallest absolute Gasteiger partial charge is 0.249 e. The van der Waals surface area contributed by atoms with E-state index in [1.165, 1.54) is 4.90 Å². The van der Waals surface area contributed by atoms with Crippen LogP contribution in [0.25, 0.3) is 0 Å². The van der Waals surface area contributed by atoms with Gasteiger partial charge in [-0.2, -0.15) is 0 Å². The van der Waals surface area contributed by atoms with E-state index in [0.29, 0.717) is 13.2 Å². The van der Waals surface area contributed by atoms with Gasteiger partial charge in [0, 0.05) is 6.04 Å². The van der Waals surface area contributed by atoms with Gasteiger partial charge in [0.15, 0.2) is 0 Å². The summed E-state index contributed by atoms with van der Waals surface area (Å²) in [5, 5.41) is 5.22. The number of rotatable bonds is 2. The van der Waals surface area contributed by atoms with Gasteiger partial charge in [-0.3, -0.25) is 19.7 Å². The minimum Gasteiger partial charge on any atom is -0.379 e. The number of carbonyl (C=O) groups excluding carboxylic acids is 3. The second-order valence-electron chi connectivity index (χ2n) is 4.59. The van der Waals surface area contributed by atoms with Crippen LogP contribution in [-0.4, -0.2) is 61.5 Å². The molecule has 2 fully saturated rings. The number of amides is 3. The van der Waals surface area contributed by atoms with Gasteiger partial charge in [-0.1, -0.05) is 0 Å². The third-order valence-corrected chi connectivity index (χ3v) is 3.48. The van der Waals surface area contributed by atoms with E-state index in [0.717, 1.165) is 0 Å². The molecule has 0 spiro atoms. The predicted molar refractivity (Wildman–Crippen MR) is 61.5 cm³/mol. The minimum atomic E-state index is -0.617. The molecule has 0 aromatic heterocycles. The molecular weight excluding hydrogens is 238 g/mol. The number of imide groups is 1. The van der Waals surface area contributed by atoms with Gasteiger partial charge in [-0.15, -0.1) is 0 Å². The van der Waals surface area contributed by atoms with E-state index in [-0.39, 0.29) is 24.4 Å². The SMILES string of the molecule is CNC1COCC1C(=O)N1CC(=O)NC(=O)C1C. The number of likely N-dealkylation sites (N-methyl/N-ethyl adjacent to an activating group) is 1. The molecular formula is C11H17N3O4. The molecule has 3 amide bonds. The fourth-order valence-corrected chi connectivity index (χ4v) is 2.28. The Kier molecular flexibility index (Phi) is 3.63. The minimum absolute atomic E-state index is 0.0650. The quantitative estimate of drug-likeness (QED) is 0.562. The maximum Gasteiger partial charge on any atom is 0.249 e. The van der Waals surface area contributed by atoms with Gasteiger partial charge in [0.25, 0.3) is 0 Å². The summed E-state index contributed by atoms with van der Waals surface area (Å²) in [5.41, 5.74) is 0. The van der Waals surface area contributed by atoms with Crippen LogP contribution in [0.15, 0.2) is 0 Å². The average Bonchev–Trinajstić information content (AvgIpc) is 2.81. The lowest BCUT2D eigenvalue weighted by Crippen LogP contribution is -2.60. The standard InChI is InChI=1S/C11H17N3O4/c1-6-10(16)13-9(15)3-14(6)11(17)7-4-18-5-8(7)12-2/h6-8,12H,3-5H2,1-2H3,(H,13,15,16). The van der Waals surface area contributed by atoms with Gasteiger partial charge in [-0.05, 0) is 14.0 Å². The van der Waals surface area contributed by atoms with E-state index < -0.39 is 17.9 Å². The molecule has 0 aliphatic carbocycles. The zero-order chi connectivity index (χ0) is 13.3. The zero-order valence-electron chi connectivity index (χ0n) is 10.4. The highest BCUT2D eigenvalue weighted by Crippen LogP contribution is 2.19. The Bertz CT molecular complexity index is 384. The van der Waals surface area contributed by atoms with Crippen molar-refractivity contribution in [3.05, 3.63) is 0 Å². The van der Waals surface area contributed by atoms with Crippen LogP contribution in [0.5, 0.6) is 0 Å². The summed E-state index contributed by atoms with van der Waals surface area (Å²) in [4.78, 5) is 36.5. The maximum atomic E-state index is 12.3. The first-order valence-electron chi connectivity index (χ1n) is 5.93. The van der Waals surface area contributed by atoms with Gasteiger partial charge in [0.05, 0.1) is 19.1 Å². The Balaban J connectivity index is 2.12. The van der Waals surface area contributed by atoms with E-state index >= 15 is 0 Å². The number of hydrogen-bond acceptors (Lipinski definition) is 5. The lowest BCUT2D eigenvalue weighted by atomic mass is 10.0. The molecule has 0 radical (unpaired) electrons. The second-order valence-corrected chi connectivity index (χ2v) is 4.59. The molecule has 0 saturated carbocycles. The van der Waals surface area contributed by atoms with Crippen molar-refractivity contribution >= 4 is 17.7 Å². The Hall–Kier alpha value is -1.47. The molecule has 2 rings (SSSR count). The molecule has 0 bridgehead atoms. The second kappa shape index (κ2) is 5.03. The molecule has 18 heavy (non-hydrogen) atoms. The van der Waals surface area contributed by atoms with Gasteiger partial charge >= 0.3 is 0 Å². The van der Waals surface area contributed by atoms with Crippen LogP contribution in [0.4, 0.5) is 0 Å². The normalized spacial score (nSPS) is 32.6. The van der Waals surface area contributed by atoms with Gasteiger partial charge in [-0.25, -0.2) is 0 Å². The summed E-state index contributed by atoms with van der Waals surface area (Å²) in [6.07, 6.45) is 0. The lowest BCUT2D eigenvalue weighted by molar-refractivity contribution is -0.151. The predicted octanol–water partition coefficient (Wildman–Crippen LogP) is -1.91. The van der Waals surface area contributed by atoms with Crippen molar-refractivity contribution in [2.24, 2.45) is 5.92 Å². The summed E-state index contributed by atoms with van der Waals surface area (Å²) < 4.78 is 5.27. The van der Waals surface area contributed by atoms with Crippen molar-refractivity contribution < 1.29 is 19.1 Å². The highest BCUT2D eigenvalue weighted by Gasteiger charge is 2.41. The van der Waals surface area contributed by atoms with Crippen LogP contribution in [0.1, 0.15) is 6.92 Å².